The quantitative estimate of drug-likeness (QED) is 0.123. The minimum absolute atomic E-state index is 0.144. The smallest absolute Gasteiger partial charge is 0.306 e. The van der Waals surface area contributed by atoms with Crippen molar-refractivity contribution < 1.29 is 17.9 Å². The predicted molar refractivity (Wildman–Crippen MR) is 188 cm³/mol. The van der Waals surface area contributed by atoms with Gasteiger partial charge in [-0.25, -0.2) is 4.98 Å². The molecule has 1 N–H and O–H groups in total. The Morgan fingerprint density at radius 1 is 0.875 bits per heavy atom. The van der Waals surface area contributed by atoms with Crippen LogP contribution in [-0.2, 0) is 26.0 Å². The molecule has 0 saturated carbocycles. The van der Waals surface area contributed by atoms with Crippen molar-refractivity contribution in [1.82, 2.24) is 14.4 Å². The van der Waals surface area contributed by atoms with Crippen LogP contribution in [0.2, 0.25) is 0 Å². The number of hydrogen-bond acceptors (Lipinski definition) is 6. The summed E-state index contributed by atoms with van der Waals surface area (Å²) in [5.41, 5.74) is 8.42. The van der Waals surface area contributed by atoms with Crippen LogP contribution in [0, 0.1) is 6.92 Å². The number of imidazole rings is 1. The van der Waals surface area contributed by atoms with E-state index in [0.29, 0.717) is 18.6 Å². The minimum atomic E-state index is -3.82. The van der Waals surface area contributed by atoms with Crippen molar-refractivity contribution >= 4 is 32.7 Å². The van der Waals surface area contributed by atoms with Gasteiger partial charge in [-0.05, 0) is 60.9 Å². The second-order valence-electron chi connectivity index (χ2n) is 11.9. The highest BCUT2D eigenvalue weighted by Crippen LogP contribution is 2.36. The van der Waals surface area contributed by atoms with E-state index in [-0.39, 0.29) is 29.8 Å². The lowest BCUT2D eigenvalue weighted by molar-refractivity contribution is -0.143. The number of para-hydroxylation sites is 3. The normalized spacial score (nSPS) is 15.0. The summed E-state index contributed by atoms with van der Waals surface area (Å²) >= 11 is 0. The number of nitrogens with zero attached hydrogens (tertiary/aromatic N) is 3. The Morgan fingerprint density at radius 3 is 2.38 bits per heavy atom. The molecule has 1 aliphatic carbocycles. The Labute approximate surface area is 279 Å². The SMILES string of the molecule is Cc1ccc(S(=O)(=O)N/N=C2/CC(CC(=O)OCCc3ccc(-c4nc5ccccc5n4-c4ccccc4)cc3)c3ccccc32)cc1. The Hall–Kier alpha value is -5.54. The van der Waals surface area contributed by atoms with Gasteiger partial charge >= 0.3 is 5.97 Å². The monoisotopic (exact) mass is 654 g/mol. The molecule has 0 fully saturated rings. The van der Waals surface area contributed by atoms with E-state index in [1.165, 1.54) is 0 Å². The van der Waals surface area contributed by atoms with Crippen molar-refractivity contribution in [3.8, 4) is 17.1 Å². The Bertz CT molecular complexity index is 2230. The zero-order valence-electron chi connectivity index (χ0n) is 26.4. The van der Waals surface area contributed by atoms with E-state index in [0.717, 1.165) is 50.4 Å². The second kappa shape index (κ2) is 13.3. The summed E-state index contributed by atoms with van der Waals surface area (Å²) in [7, 11) is -3.82. The average Bonchev–Trinajstić information content (AvgIpc) is 3.67. The Balaban J connectivity index is 0.979. The largest absolute Gasteiger partial charge is 0.465 e. The van der Waals surface area contributed by atoms with Crippen LogP contribution >= 0.6 is 0 Å². The van der Waals surface area contributed by atoms with E-state index in [2.05, 4.69) is 44.8 Å². The third-order valence-corrected chi connectivity index (χ3v) is 9.86. The Morgan fingerprint density at radius 2 is 1.58 bits per heavy atom. The lowest BCUT2D eigenvalue weighted by Gasteiger charge is -2.11. The maximum absolute atomic E-state index is 12.9. The zero-order chi connectivity index (χ0) is 33.1. The molecule has 1 heterocycles. The number of rotatable bonds is 10. The molecule has 0 amide bonds. The number of fused-ring (bicyclic) bond motifs is 2. The molecule has 1 atom stereocenters. The van der Waals surface area contributed by atoms with Crippen molar-refractivity contribution in [3.05, 3.63) is 150 Å². The minimum Gasteiger partial charge on any atom is -0.465 e. The molecular formula is C39H34N4O4S. The number of ether oxygens (including phenoxy) is 1. The number of carbonyl (C=O) groups excluding carboxylic acids is 1. The molecule has 0 radical (unpaired) electrons. The molecule has 48 heavy (non-hydrogen) atoms. The molecule has 1 aromatic heterocycles. The number of aryl methyl sites for hydroxylation is 1. The summed E-state index contributed by atoms with van der Waals surface area (Å²) in [5.74, 6) is 0.409. The molecule has 9 heteroatoms. The number of sulfonamides is 1. The zero-order valence-corrected chi connectivity index (χ0v) is 27.2. The number of carbonyl (C=O) groups is 1. The fourth-order valence-electron chi connectivity index (χ4n) is 6.16. The summed E-state index contributed by atoms with van der Waals surface area (Å²) in [6, 6.07) is 40.8. The van der Waals surface area contributed by atoms with Gasteiger partial charge in [0, 0.05) is 29.2 Å². The molecule has 6 aromatic rings. The van der Waals surface area contributed by atoms with Gasteiger partial charge in [0.2, 0.25) is 0 Å². The lowest BCUT2D eigenvalue weighted by atomic mass is 9.98. The van der Waals surface area contributed by atoms with Gasteiger partial charge in [-0.2, -0.15) is 18.4 Å². The number of nitrogens with one attached hydrogen (secondary N) is 1. The molecule has 0 spiro atoms. The first-order valence-corrected chi connectivity index (χ1v) is 17.4. The Kier molecular flexibility index (Phi) is 8.61. The van der Waals surface area contributed by atoms with Gasteiger partial charge in [0.1, 0.15) is 5.82 Å². The van der Waals surface area contributed by atoms with E-state index in [4.69, 9.17) is 9.72 Å². The standard InChI is InChI=1S/C39H34N4O4S/c1-27-15-21-32(22-16-27)48(45,46)42-41-36-25-30(33-11-5-6-12-34(33)36)26-38(44)47-24-23-28-17-19-29(20-18-28)39-40-35-13-7-8-14-37(35)43(39)31-9-3-2-4-10-31/h2-22,30,42H,23-26H2,1H3/b41-36-. The van der Waals surface area contributed by atoms with Crippen molar-refractivity contribution in [3.63, 3.8) is 0 Å². The van der Waals surface area contributed by atoms with Gasteiger partial charge in [-0.3, -0.25) is 9.36 Å². The van der Waals surface area contributed by atoms with Crippen molar-refractivity contribution in [2.24, 2.45) is 5.10 Å². The van der Waals surface area contributed by atoms with E-state index in [1.807, 2.05) is 79.7 Å². The summed E-state index contributed by atoms with van der Waals surface area (Å²) < 4.78 is 33.5. The topological polar surface area (TPSA) is 103 Å². The summed E-state index contributed by atoms with van der Waals surface area (Å²) in [6.45, 7) is 2.15. The second-order valence-corrected chi connectivity index (χ2v) is 13.6. The van der Waals surface area contributed by atoms with E-state index < -0.39 is 10.0 Å². The van der Waals surface area contributed by atoms with Gasteiger partial charge in [0.15, 0.2) is 0 Å². The maximum Gasteiger partial charge on any atom is 0.306 e. The highest BCUT2D eigenvalue weighted by atomic mass is 32.2. The van der Waals surface area contributed by atoms with Crippen molar-refractivity contribution in [2.45, 2.75) is 37.0 Å². The third kappa shape index (κ3) is 6.50. The number of hydrogen-bond donors (Lipinski definition) is 1. The molecule has 5 aromatic carbocycles. The molecule has 1 unspecified atom stereocenters. The van der Waals surface area contributed by atoms with Crippen molar-refractivity contribution in [2.75, 3.05) is 6.61 Å². The number of esters is 1. The van der Waals surface area contributed by atoms with Crippen LogP contribution in [0.4, 0.5) is 0 Å². The highest BCUT2D eigenvalue weighted by Gasteiger charge is 2.30. The van der Waals surface area contributed by atoms with Crippen LogP contribution in [-0.4, -0.2) is 36.3 Å². The third-order valence-electron chi connectivity index (χ3n) is 8.64. The molecule has 1 aliphatic rings. The van der Waals surface area contributed by atoms with Gasteiger partial charge in [0.25, 0.3) is 10.0 Å². The lowest BCUT2D eigenvalue weighted by Crippen LogP contribution is -2.20. The summed E-state index contributed by atoms with van der Waals surface area (Å²) in [5, 5.41) is 4.28. The molecule has 240 valence electrons. The average molecular weight is 655 g/mol. The van der Waals surface area contributed by atoms with E-state index in [9.17, 15) is 13.2 Å². The van der Waals surface area contributed by atoms with Crippen LogP contribution in [0.3, 0.4) is 0 Å². The fraction of sp³-hybridized carbons (Fsp3) is 0.154. The van der Waals surface area contributed by atoms with Crippen LogP contribution in [0.25, 0.3) is 28.1 Å². The van der Waals surface area contributed by atoms with Gasteiger partial charge in [0.05, 0.1) is 34.7 Å². The summed E-state index contributed by atoms with van der Waals surface area (Å²) in [6.07, 6.45) is 1.19. The first-order valence-electron chi connectivity index (χ1n) is 15.9. The first-order chi connectivity index (χ1) is 23.4. The molecule has 8 nitrogen and oxygen atoms in total. The van der Waals surface area contributed by atoms with Crippen LogP contribution in [0.15, 0.2) is 137 Å². The molecule has 0 saturated heterocycles. The molecule has 7 rings (SSSR count). The van der Waals surface area contributed by atoms with E-state index >= 15 is 0 Å². The number of aromatic nitrogens is 2. The van der Waals surface area contributed by atoms with Gasteiger partial charge in [-0.15, -0.1) is 0 Å². The van der Waals surface area contributed by atoms with Gasteiger partial charge in [-0.1, -0.05) is 96.6 Å². The molecule has 0 aliphatic heterocycles. The summed E-state index contributed by atoms with van der Waals surface area (Å²) in [4.78, 5) is 20.4. The fourth-order valence-corrected chi connectivity index (χ4v) is 6.99. The number of hydrazone groups is 1. The predicted octanol–water partition coefficient (Wildman–Crippen LogP) is 7.35. The highest BCUT2D eigenvalue weighted by molar-refractivity contribution is 7.89. The van der Waals surface area contributed by atoms with Crippen LogP contribution in [0.5, 0.6) is 0 Å². The maximum atomic E-state index is 12.9. The van der Waals surface area contributed by atoms with Crippen LogP contribution < -0.4 is 4.83 Å². The van der Waals surface area contributed by atoms with Crippen LogP contribution in [0.1, 0.15) is 41.0 Å². The molecular weight excluding hydrogens is 621 g/mol. The van der Waals surface area contributed by atoms with E-state index in [1.54, 1.807) is 24.3 Å². The van der Waals surface area contributed by atoms with Crippen molar-refractivity contribution in [1.29, 1.82) is 0 Å². The number of benzene rings is 5. The van der Waals surface area contributed by atoms with Gasteiger partial charge < -0.3 is 4.74 Å². The first kappa shape index (κ1) is 31.1. The molecule has 0 bridgehead atoms.